The normalized spacial score (nSPS) is 18.2. The maximum atomic E-state index is 12.4. The number of rotatable bonds is 2. The number of hydrogen-bond acceptors (Lipinski definition) is 6. The lowest BCUT2D eigenvalue weighted by Gasteiger charge is -2.24. The van der Waals surface area contributed by atoms with Crippen molar-refractivity contribution in [2.75, 3.05) is 6.79 Å². The Morgan fingerprint density at radius 3 is 3.00 bits per heavy atom. The van der Waals surface area contributed by atoms with E-state index in [4.69, 9.17) is 14.2 Å². The van der Waals surface area contributed by atoms with Crippen molar-refractivity contribution in [3.63, 3.8) is 0 Å². The van der Waals surface area contributed by atoms with Crippen molar-refractivity contribution in [3.8, 4) is 11.5 Å². The maximum absolute atomic E-state index is 12.4. The number of carbonyl (C=O) groups excluding carboxylic acids is 1. The van der Waals surface area contributed by atoms with Crippen LogP contribution >= 0.6 is 0 Å². The summed E-state index contributed by atoms with van der Waals surface area (Å²) in [6, 6.07) is 7.54. The Labute approximate surface area is 142 Å². The molecule has 25 heavy (non-hydrogen) atoms. The predicted molar refractivity (Wildman–Crippen MR) is 84.3 cm³/mol. The summed E-state index contributed by atoms with van der Waals surface area (Å²) in [7, 11) is 0. The fourth-order valence-corrected chi connectivity index (χ4v) is 3.06. The number of hydrogen-bond donors (Lipinski definition) is 0. The van der Waals surface area contributed by atoms with E-state index in [2.05, 4.69) is 10.1 Å². The van der Waals surface area contributed by atoms with Crippen LogP contribution in [0.5, 0.6) is 11.5 Å². The third kappa shape index (κ3) is 2.38. The molecule has 126 valence electrons. The molecule has 8 nitrogen and oxygen atoms in total. The molecule has 0 radical (unpaired) electrons. The minimum absolute atomic E-state index is 0.155. The van der Waals surface area contributed by atoms with Crippen LogP contribution in [0.25, 0.3) is 0 Å². The number of imidazole rings is 1. The summed E-state index contributed by atoms with van der Waals surface area (Å²) < 4.78 is 19.9. The van der Waals surface area contributed by atoms with Gasteiger partial charge < -0.3 is 14.2 Å². The van der Waals surface area contributed by atoms with Gasteiger partial charge in [-0.15, -0.1) is 0 Å². The van der Waals surface area contributed by atoms with E-state index in [9.17, 15) is 4.79 Å². The molecule has 1 unspecified atom stereocenters. The van der Waals surface area contributed by atoms with Gasteiger partial charge in [-0.05, 0) is 23.8 Å². The highest BCUT2D eigenvalue weighted by molar-refractivity contribution is 5.94. The highest BCUT2D eigenvalue weighted by Gasteiger charge is 2.26. The largest absolute Gasteiger partial charge is 0.454 e. The van der Waals surface area contributed by atoms with E-state index in [-0.39, 0.29) is 18.8 Å². The number of aromatic nitrogens is 4. The average molecular weight is 338 g/mol. The molecule has 1 atom stereocenters. The van der Waals surface area contributed by atoms with Crippen LogP contribution in [-0.4, -0.2) is 32.0 Å². The SMILES string of the molecule is O=C(c1cc2n(n1)CC(c1ccc3c(c1)OCO3)OC2)n1ccnc1. The summed E-state index contributed by atoms with van der Waals surface area (Å²) in [4.78, 5) is 16.3. The molecule has 0 saturated carbocycles. The van der Waals surface area contributed by atoms with Crippen LogP contribution in [0.2, 0.25) is 0 Å². The summed E-state index contributed by atoms with van der Waals surface area (Å²) in [6.45, 7) is 1.17. The second kappa shape index (κ2) is 5.45. The number of nitrogens with zero attached hydrogens (tertiary/aromatic N) is 4. The molecule has 5 rings (SSSR count). The molecule has 0 fully saturated rings. The Morgan fingerprint density at radius 1 is 1.20 bits per heavy atom. The van der Waals surface area contributed by atoms with E-state index >= 15 is 0 Å². The van der Waals surface area contributed by atoms with Gasteiger partial charge in [-0.2, -0.15) is 5.10 Å². The zero-order valence-corrected chi connectivity index (χ0v) is 13.2. The summed E-state index contributed by atoms with van der Waals surface area (Å²) in [5.74, 6) is 1.26. The van der Waals surface area contributed by atoms with Crippen molar-refractivity contribution >= 4 is 5.91 Å². The molecule has 3 aromatic rings. The molecule has 0 spiro atoms. The Bertz CT molecular complexity index is 948. The molecular formula is C17H14N4O4. The lowest BCUT2D eigenvalue weighted by atomic mass is 10.1. The third-order valence-corrected chi connectivity index (χ3v) is 4.36. The molecule has 0 bridgehead atoms. The first-order chi connectivity index (χ1) is 12.3. The standard InChI is InChI=1S/C17H14N4O4/c22-17(20-4-3-18-9-20)13-6-12-8-23-16(7-21(12)19-13)11-1-2-14-15(5-11)25-10-24-14/h1-6,9,16H,7-8,10H2. The number of ether oxygens (including phenoxy) is 3. The van der Waals surface area contributed by atoms with Crippen molar-refractivity contribution in [3.05, 3.63) is 59.9 Å². The topological polar surface area (TPSA) is 80.4 Å². The van der Waals surface area contributed by atoms with Gasteiger partial charge in [0, 0.05) is 12.4 Å². The molecule has 1 aromatic carbocycles. The molecule has 2 aliphatic heterocycles. The summed E-state index contributed by atoms with van der Waals surface area (Å²) in [5, 5.41) is 4.44. The molecule has 0 amide bonds. The first-order valence-electron chi connectivity index (χ1n) is 7.88. The van der Waals surface area contributed by atoms with Gasteiger partial charge in [-0.25, -0.2) is 4.98 Å². The van der Waals surface area contributed by atoms with Gasteiger partial charge >= 0.3 is 0 Å². The Hall–Kier alpha value is -3.13. The van der Waals surface area contributed by atoms with E-state index in [1.165, 1.54) is 10.9 Å². The molecule has 2 aliphatic rings. The lowest BCUT2D eigenvalue weighted by Crippen LogP contribution is -2.22. The molecule has 4 heterocycles. The van der Waals surface area contributed by atoms with Crippen LogP contribution < -0.4 is 9.47 Å². The van der Waals surface area contributed by atoms with Crippen LogP contribution in [0.4, 0.5) is 0 Å². The molecule has 0 saturated heterocycles. The summed E-state index contributed by atoms with van der Waals surface area (Å²) in [5.41, 5.74) is 2.25. The highest BCUT2D eigenvalue weighted by Crippen LogP contribution is 2.36. The van der Waals surface area contributed by atoms with Crippen molar-refractivity contribution in [1.29, 1.82) is 0 Å². The first-order valence-corrected chi connectivity index (χ1v) is 7.88. The van der Waals surface area contributed by atoms with Gasteiger partial charge in [0.1, 0.15) is 12.4 Å². The van der Waals surface area contributed by atoms with Crippen LogP contribution in [-0.2, 0) is 17.9 Å². The number of benzene rings is 1. The fraction of sp³-hybridized carbons (Fsp3) is 0.235. The maximum Gasteiger partial charge on any atom is 0.283 e. The molecule has 0 N–H and O–H groups in total. The Kier molecular flexibility index (Phi) is 3.10. The van der Waals surface area contributed by atoms with E-state index in [1.54, 1.807) is 18.5 Å². The van der Waals surface area contributed by atoms with Crippen LogP contribution in [0.1, 0.15) is 27.8 Å². The van der Waals surface area contributed by atoms with Crippen LogP contribution in [0.15, 0.2) is 43.0 Å². The quantitative estimate of drug-likeness (QED) is 0.708. The van der Waals surface area contributed by atoms with Crippen molar-refractivity contribution < 1.29 is 19.0 Å². The smallest absolute Gasteiger partial charge is 0.283 e. The van der Waals surface area contributed by atoms with Gasteiger partial charge in [0.05, 0.1) is 18.8 Å². The number of fused-ring (bicyclic) bond motifs is 2. The van der Waals surface area contributed by atoms with E-state index in [1.807, 2.05) is 22.9 Å². The fourth-order valence-electron chi connectivity index (χ4n) is 3.06. The van der Waals surface area contributed by atoms with E-state index in [0.29, 0.717) is 18.8 Å². The van der Waals surface area contributed by atoms with Crippen molar-refractivity contribution in [2.24, 2.45) is 0 Å². The summed E-state index contributed by atoms with van der Waals surface area (Å²) in [6.07, 6.45) is 4.48. The molecular weight excluding hydrogens is 324 g/mol. The monoisotopic (exact) mass is 338 g/mol. The van der Waals surface area contributed by atoms with E-state index < -0.39 is 0 Å². The summed E-state index contributed by atoms with van der Waals surface area (Å²) >= 11 is 0. The van der Waals surface area contributed by atoms with E-state index in [0.717, 1.165) is 22.8 Å². The zero-order valence-electron chi connectivity index (χ0n) is 13.2. The van der Waals surface area contributed by atoms with Crippen LogP contribution in [0.3, 0.4) is 0 Å². The zero-order chi connectivity index (χ0) is 16.8. The Balaban J connectivity index is 1.40. The highest BCUT2D eigenvalue weighted by atomic mass is 16.7. The van der Waals surface area contributed by atoms with Gasteiger partial charge in [0.25, 0.3) is 5.91 Å². The molecule has 2 aromatic heterocycles. The molecule has 0 aliphatic carbocycles. The minimum Gasteiger partial charge on any atom is -0.454 e. The average Bonchev–Trinajstić information content (AvgIpc) is 3.39. The first kappa shape index (κ1) is 14.2. The second-order valence-electron chi connectivity index (χ2n) is 5.89. The van der Waals surface area contributed by atoms with Gasteiger partial charge in [-0.1, -0.05) is 6.07 Å². The van der Waals surface area contributed by atoms with Crippen molar-refractivity contribution in [2.45, 2.75) is 19.3 Å². The predicted octanol–water partition coefficient (Wildman–Crippen LogP) is 1.77. The van der Waals surface area contributed by atoms with Crippen LogP contribution in [0, 0.1) is 0 Å². The second-order valence-corrected chi connectivity index (χ2v) is 5.89. The molecule has 8 heteroatoms. The number of carbonyl (C=O) groups is 1. The van der Waals surface area contributed by atoms with Gasteiger partial charge in [0.2, 0.25) is 6.79 Å². The van der Waals surface area contributed by atoms with Crippen molar-refractivity contribution in [1.82, 2.24) is 19.3 Å². The Morgan fingerprint density at radius 2 is 2.12 bits per heavy atom. The lowest BCUT2D eigenvalue weighted by molar-refractivity contribution is -0.00128. The van der Waals surface area contributed by atoms with Gasteiger partial charge in [0.15, 0.2) is 17.2 Å². The van der Waals surface area contributed by atoms with Gasteiger partial charge in [-0.3, -0.25) is 14.0 Å². The third-order valence-electron chi connectivity index (χ3n) is 4.36. The minimum atomic E-state index is -0.209.